The average Bonchev–Trinajstić information content (AvgIpc) is 3.13. The molecule has 1 saturated heterocycles. The summed E-state index contributed by atoms with van der Waals surface area (Å²) in [7, 11) is 0. The summed E-state index contributed by atoms with van der Waals surface area (Å²) in [5.41, 5.74) is 6.66. The van der Waals surface area contributed by atoms with Crippen LogP contribution in [0.4, 0.5) is 5.82 Å². The quantitative estimate of drug-likeness (QED) is 0.543. The summed E-state index contributed by atoms with van der Waals surface area (Å²) in [5, 5.41) is 31.2. The number of hydrogen-bond donors (Lipinski definition) is 4. The highest BCUT2D eigenvalue weighted by Gasteiger charge is 2.53. The second-order valence-electron chi connectivity index (χ2n) is 6.65. The monoisotopic (exact) mass is 356 g/mol. The number of hydrogen-bond acceptors (Lipinski definition) is 7. The van der Waals surface area contributed by atoms with Crippen LogP contribution >= 0.6 is 0 Å². The standard InChI is InChI=1S/C18H20N4O4/c1-18(25)14(24)12(8-23)26-17(18)22-7-11(10-5-3-2-4-6-10)13-15(19)20-9-21-16(13)22/h2-7,9,12,14,17,23-25H,8H2,1H3,(H2,19,20,21). The lowest BCUT2D eigenvalue weighted by molar-refractivity contribution is -0.0948. The Labute approximate surface area is 149 Å². The van der Waals surface area contributed by atoms with Crippen molar-refractivity contribution in [3.8, 4) is 11.1 Å². The Kier molecular flexibility index (Phi) is 3.92. The highest BCUT2D eigenvalue weighted by molar-refractivity contribution is 6.00. The second kappa shape index (κ2) is 6.03. The fourth-order valence-electron chi connectivity index (χ4n) is 3.51. The van der Waals surface area contributed by atoms with Crippen molar-refractivity contribution in [2.24, 2.45) is 0 Å². The maximum absolute atomic E-state index is 10.8. The van der Waals surface area contributed by atoms with Crippen molar-refractivity contribution in [2.75, 3.05) is 12.3 Å². The topological polar surface area (TPSA) is 127 Å². The zero-order valence-corrected chi connectivity index (χ0v) is 14.1. The summed E-state index contributed by atoms with van der Waals surface area (Å²) < 4.78 is 7.37. The number of nitrogens with two attached hydrogens (primary N) is 1. The van der Waals surface area contributed by atoms with Crippen molar-refractivity contribution >= 4 is 16.9 Å². The van der Waals surface area contributed by atoms with Gasteiger partial charge in [0, 0.05) is 11.8 Å². The van der Waals surface area contributed by atoms with Gasteiger partial charge >= 0.3 is 0 Å². The van der Waals surface area contributed by atoms with E-state index in [4.69, 9.17) is 10.5 Å². The molecular formula is C18H20N4O4. The molecule has 2 aromatic heterocycles. The molecule has 136 valence electrons. The molecule has 0 amide bonds. The van der Waals surface area contributed by atoms with Crippen molar-refractivity contribution in [3.05, 3.63) is 42.9 Å². The number of fused-ring (bicyclic) bond motifs is 1. The van der Waals surface area contributed by atoms with Gasteiger partial charge in [0.15, 0.2) is 6.23 Å². The largest absolute Gasteiger partial charge is 0.394 e. The van der Waals surface area contributed by atoms with Gasteiger partial charge in [-0.3, -0.25) is 0 Å². The van der Waals surface area contributed by atoms with E-state index in [0.29, 0.717) is 16.9 Å². The Hall–Kier alpha value is -2.52. The first-order chi connectivity index (χ1) is 12.4. The van der Waals surface area contributed by atoms with Crippen LogP contribution in [-0.4, -0.2) is 54.3 Å². The van der Waals surface area contributed by atoms with Gasteiger partial charge in [-0.25, -0.2) is 9.97 Å². The van der Waals surface area contributed by atoms with E-state index in [1.807, 2.05) is 30.3 Å². The maximum atomic E-state index is 10.8. The average molecular weight is 356 g/mol. The van der Waals surface area contributed by atoms with Crippen molar-refractivity contribution in [2.45, 2.75) is 31.0 Å². The van der Waals surface area contributed by atoms with E-state index < -0.39 is 30.6 Å². The minimum absolute atomic E-state index is 0.310. The van der Waals surface area contributed by atoms with Crippen molar-refractivity contribution in [1.29, 1.82) is 0 Å². The molecule has 0 spiro atoms. The molecule has 0 saturated carbocycles. The van der Waals surface area contributed by atoms with Crippen LogP contribution in [0.3, 0.4) is 0 Å². The molecule has 8 heteroatoms. The first-order valence-electron chi connectivity index (χ1n) is 8.28. The van der Waals surface area contributed by atoms with E-state index in [0.717, 1.165) is 11.1 Å². The number of rotatable bonds is 3. The van der Waals surface area contributed by atoms with Crippen LogP contribution in [0.15, 0.2) is 42.9 Å². The van der Waals surface area contributed by atoms with E-state index in [1.54, 1.807) is 10.8 Å². The third kappa shape index (κ3) is 2.38. The zero-order chi connectivity index (χ0) is 18.5. The SMILES string of the molecule is CC1(O)C(O)C(CO)OC1n1cc(-c2ccccc2)c2c(N)ncnc21. The van der Waals surface area contributed by atoms with Crippen LogP contribution < -0.4 is 5.73 Å². The van der Waals surface area contributed by atoms with Crippen LogP contribution in [-0.2, 0) is 4.74 Å². The number of nitrogen functional groups attached to an aromatic ring is 1. The summed E-state index contributed by atoms with van der Waals surface area (Å²) >= 11 is 0. The van der Waals surface area contributed by atoms with Crippen LogP contribution in [0.2, 0.25) is 0 Å². The fraction of sp³-hybridized carbons (Fsp3) is 0.333. The van der Waals surface area contributed by atoms with Gasteiger partial charge in [-0.1, -0.05) is 30.3 Å². The zero-order valence-electron chi connectivity index (χ0n) is 14.1. The number of nitrogens with zero attached hydrogens (tertiary/aromatic N) is 3. The van der Waals surface area contributed by atoms with Gasteiger partial charge in [-0.05, 0) is 12.5 Å². The number of anilines is 1. The van der Waals surface area contributed by atoms with Gasteiger partial charge in [0.1, 0.15) is 35.6 Å². The summed E-state index contributed by atoms with van der Waals surface area (Å²) in [6.45, 7) is 1.06. The molecule has 8 nitrogen and oxygen atoms in total. The first kappa shape index (κ1) is 16.9. The fourth-order valence-corrected chi connectivity index (χ4v) is 3.51. The van der Waals surface area contributed by atoms with Crippen LogP contribution in [0.25, 0.3) is 22.2 Å². The third-order valence-corrected chi connectivity index (χ3v) is 4.91. The van der Waals surface area contributed by atoms with Gasteiger partial charge in [0.05, 0.1) is 12.0 Å². The summed E-state index contributed by atoms with van der Waals surface area (Å²) in [5.74, 6) is 0.310. The van der Waals surface area contributed by atoms with E-state index in [1.165, 1.54) is 13.3 Å². The lowest BCUT2D eigenvalue weighted by Gasteiger charge is -2.27. The summed E-state index contributed by atoms with van der Waals surface area (Å²) in [6.07, 6.45) is 0.0356. The number of benzene rings is 1. The molecule has 1 aliphatic heterocycles. The predicted molar refractivity (Wildman–Crippen MR) is 95.0 cm³/mol. The predicted octanol–water partition coefficient (Wildman–Crippen LogP) is 0.682. The van der Waals surface area contributed by atoms with Crippen molar-refractivity contribution in [1.82, 2.24) is 14.5 Å². The smallest absolute Gasteiger partial charge is 0.167 e. The molecule has 0 bridgehead atoms. The normalized spacial score (nSPS) is 28.7. The van der Waals surface area contributed by atoms with Gasteiger partial charge in [0.2, 0.25) is 0 Å². The van der Waals surface area contributed by atoms with Crippen LogP contribution in [0.5, 0.6) is 0 Å². The number of aromatic nitrogens is 3. The molecular weight excluding hydrogens is 336 g/mol. The Balaban J connectivity index is 1.94. The molecule has 1 fully saturated rings. The van der Waals surface area contributed by atoms with Crippen molar-refractivity contribution in [3.63, 3.8) is 0 Å². The number of aliphatic hydroxyl groups excluding tert-OH is 2. The Morgan fingerprint density at radius 3 is 2.65 bits per heavy atom. The highest BCUT2D eigenvalue weighted by atomic mass is 16.6. The first-order valence-corrected chi connectivity index (χ1v) is 8.28. The second-order valence-corrected chi connectivity index (χ2v) is 6.65. The van der Waals surface area contributed by atoms with Crippen LogP contribution in [0, 0.1) is 0 Å². The summed E-state index contributed by atoms with van der Waals surface area (Å²) in [6, 6.07) is 9.60. The molecule has 0 radical (unpaired) electrons. The Bertz CT molecular complexity index is 941. The number of aliphatic hydroxyl groups is 3. The molecule has 4 unspecified atom stereocenters. The van der Waals surface area contributed by atoms with Gasteiger partial charge in [-0.15, -0.1) is 0 Å². The van der Waals surface area contributed by atoms with E-state index in [-0.39, 0.29) is 0 Å². The highest BCUT2D eigenvalue weighted by Crippen LogP contribution is 2.42. The lowest BCUT2D eigenvalue weighted by Crippen LogP contribution is -2.44. The van der Waals surface area contributed by atoms with Gasteiger partial charge in [-0.2, -0.15) is 0 Å². The Morgan fingerprint density at radius 1 is 1.27 bits per heavy atom. The van der Waals surface area contributed by atoms with Gasteiger partial charge in [0.25, 0.3) is 0 Å². The minimum atomic E-state index is -1.62. The molecule has 3 aromatic rings. The molecule has 0 aliphatic carbocycles. The number of ether oxygens (including phenoxy) is 1. The minimum Gasteiger partial charge on any atom is -0.394 e. The molecule has 1 aliphatic rings. The third-order valence-electron chi connectivity index (χ3n) is 4.91. The summed E-state index contributed by atoms with van der Waals surface area (Å²) in [4.78, 5) is 8.39. The molecule has 4 atom stereocenters. The van der Waals surface area contributed by atoms with Crippen molar-refractivity contribution < 1.29 is 20.1 Å². The molecule has 5 N–H and O–H groups in total. The van der Waals surface area contributed by atoms with E-state index in [2.05, 4.69) is 9.97 Å². The molecule has 1 aromatic carbocycles. The molecule has 3 heterocycles. The van der Waals surface area contributed by atoms with Crippen LogP contribution in [0.1, 0.15) is 13.2 Å². The van der Waals surface area contributed by atoms with E-state index >= 15 is 0 Å². The maximum Gasteiger partial charge on any atom is 0.167 e. The lowest BCUT2D eigenvalue weighted by atomic mass is 9.96. The molecule has 26 heavy (non-hydrogen) atoms. The van der Waals surface area contributed by atoms with E-state index in [9.17, 15) is 15.3 Å². The Morgan fingerprint density at radius 2 is 2.00 bits per heavy atom. The van der Waals surface area contributed by atoms with Gasteiger partial charge < -0.3 is 30.4 Å². The molecule has 4 rings (SSSR count).